The Labute approximate surface area is 72.3 Å². The molecule has 54 valence electrons. The first-order valence-corrected chi connectivity index (χ1v) is 6.02. The van der Waals surface area contributed by atoms with Crippen molar-refractivity contribution in [2.75, 3.05) is 0 Å². The first-order valence-electron chi connectivity index (χ1n) is 4.02. The van der Waals surface area contributed by atoms with E-state index in [2.05, 4.69) is 31.2 Å². The molecule has 0 saturated carbocycles. The zero-order valence-corrected chi connectivity index (χ0v) is 8.07. The fourth-order valence-corrected chi connectivity index (χ4v) is 3.18. The minimum atomic E-state index is 0.318. The van der Waals surface area contributed by atoms with Crippen LogP contribution in [0.2, 0.25) is 8.95 Å². The molecule has 0 aromatic carbocycles. The second-order valence-electron chi connectivity index (χ2n) is 2.60. The topological polar surface area (TPSA) is 0 Å². The standard InChI is InChI=1S/C5H5.C4H9.Ti/c1-2-4-5-3-1;1-3-4-2;/h1-5H;1,3-4H2,2H3;. The summed E-state index contributed by atoms with van der Waals surface area (Å²) in [6.07, 6.45) is 11.9. The van der Waals surface area contributed by atoms with E-state index in [1.54, 1.807) is 0 Å². The van der Waals surface area contributed by atoms with Crippen molar-refractivity contribution in [1.82, 2.24) is 0 Å². The molecule has 0 heterocycles. The molecule has 0 N–H and O–H groups in total. The van der Waals surface area contributed by atoms with Gasteiger partial charge >= 0.3 is 72.2 Å². The summed E-state index contributed by atoms with van der Waals surface area (Å²) in [7, 11) is 0. The average Bonchev–Trinajstić information content (AvgIpc) is 2.41. The van der Waals surface area contributed by atoms with Crippen LogP contribution in [0.5, 0.6) is 0 Å². The molecule has 1 aliphatic carbocycles. The van der Waals surface area contributed by atoms with Gasteiger partial charge in [0, 0.05) is 0 Å². The molecule has 0 unspecified atom stereocenters. The van der Waals surface area contributed by atoms with Crippen molar-refractivity contribution in [2.24, 2.45) is 0 Å². The predicted molar refractivity (Wildman–Crippen MR) is 41.7 cm³/mol. The van der Waals surface area contributed by atoms with Crippen molar-refractivity contribution >= 4 is 0 Å². The molecular weight excluding hydrogens is 156 g/mol. The number of hydrogen-bond donors (Lipinski definition) is 0. The predicted octanol–water partition coefficient (Wildman–Crippen LogP) is 3.20. The average molecular weight is 170 g/mol. The van der Waals surface area contributed by atoms with Gasteiger partial charge in [-0.3, -0.25) is 0 Å². The van der Waals surface area contributed by atoms with Gasteiger partial charge in [-0.05, 0) is 0 Å². The Kier molecular flexibility index (Phi) is 4.09. The summed E-state index contributed by atoms with van der Waals surface area (Å²) in [6.45, 7) is 2.27. The van der Waals surface area contributed by atoms with Crippen LogP contribution in [0.4, 0.5) is 0 Å². The van der Waals surface area contributed by atoms with Crippen LogP contribution < -0.4 is 0 Å². The molecular formula is C9H14Ti. The van der Waals surface area contributed by atoms with Crippen LogP contribution in [-0.4, -0.2) is 0 Å². The first-order chi connectivity index (χ1) is 4.93. The van der Waals surface area contributed by atoms with E-state index < -0.39 is 0 Å². The maximum absolute atomic E-state index is 2.34. The molecule has 0 aromatic rings. The summed E-state index contributed by atoms with van der Waals surface area (Å²) in [5, 5.41) is 0. The SMILES string of the molecule is CCC[CH2][Ti][CH]1C=CC=C1. The Morgan fingerprint density at radius 1 is 1.30 bits per heavy atom. The zero-order valence-electron chi connectivity index (χ0n) is 6.51. The van der Waals surface area contributed by atoms with Gasteiger partial charge in [0.25, 0.3) is 0 Å². The van der Waals surface area contributed by atoms with Gasteiger partial charge in [0.1, 0.15) is 0 Å². The van der Waals surface area contributed by atoms with Crippen LogP contribution in [0, 0.1) is 0 Å². The fraction of sp³-hybridized carbons (Fsp3) is 0.556. The number of rotatable bonds is 4. The summed E-state index contributed by atoms with van der Waals surface area (Å²) >= 11 is 0.318. The molecule has 0 radical (unpaired) electrons. The fourth-order valence-electron chi connectivity index (χ4n) is 1.01. The number of unbranched alkanes of at least 4 members (excludes halogenated alkanes) is 1. The Morgan fingerprint density at radius 3 is 2.60 bits per heavy atom. The van der Waals surface area contributed by atoms with Gasteiger partial charge in [-0.25, -0.2) is 0 Å². The first kappa shape index (κ1) is 8.29. The minimum absolute atomic E-state index is 0.318. The van der Waals surface area contributed by atoms with E-state index in [4.69, 9.17) is 0 Å². The second-order valence-corrected chi connectivity index (χ2v) is 5.06. The molecule has 1 rings (SSSR count). The zero-order chi connectivity index (χ0) is 7.23. The normalized spacial score (nSPS) is 16.5. The number of allylic oxidation sites excluding steroid dienone is 4. The van der Waals surface area contributed by atoms with Crippen molar-refractivity contribution in [3.63, 3.8) is 0 Å². The van der Waals surface area contributed by atoms with E-state index >= 15 is 0 Å². The van der Waals surface area contributed by atoms with Crippen molar-refractivity contribution in [2.45, 2.75) is 28.7 Å². The van der Waals surface area contributed by atoms with E-state index in [1.165, 1.54) is 17.6 Å². The Bertz CT molecular complexity index is 124. The summed E-state index contributed by atoms with van der Waals surface area (Å²) in [4.78, 5) is 0. The van der Waals surface area contributed by atoms with Crippen LogP contribution in [0.15, 0.2) is 24.3 Å². The number of hydrogen-bond acceptors (Lipinski definition) is 0. The molecule has 1 heteroatoms. The molecule has 0 aromatic heterocycles. The summed E-state index contributed by atoms with van der Waals surface area (Å²) < 4.78 is 2.39. The maximum atomic E-state index is 2.34. The molecule has 1 aliphatic rings. The Balaban J connectivity index is 2.03. The van der Waals surface area contributed by atoms with E-state index in [0.29, 0.717) is 19.2 Å². The van der Waals surface area contributed by atoms with Crippen LogP contribution in [0.25, 0.3) is 0 Å². The van der Waals surface area contributed by atoms with Crippen molar-refractivity contribution in [1.29, 1.82) is 0 Å². The van der Waals surface area contributed by atoms with Gasteiger partial charge in [0.2, 0.25) is 0 Å². The Hall–Kier alpha value is 0.194. The van der Waals surface area contributed by atoms with Crippen molar-refractivity contribution in [3.8, 4) is 0 Å². The monoisotopic (exact) mass is 170 g/mol. The van der Waals surface area contributed by atoms with Crippen LogP contribution in [0.3, 0.4) is 0 Å². The van der Waals surface area contributed by atoms with Crippen LogP contribution in [0.1, 0.15) is 19.8 Å². The molecule has 0 nitrogen and oxygen atoms in total. The Morgan fingerprint density at radius 2 is 2.00 bits per heavy atom. The van der Waals surface area contributed by atoms with Gasteiger partial charge in [0.05, 0.1) is 0 Å². The summed E-state index contributed by atoms with van der Waals surface area (Å²) in [5.74, 6) is 0. The van der Waals surface area contributed by atoms with E-state index in [1.807, 2.05) is 0 Å². The third kappa shape index (κ3) is 2.85. The summed E-state index contributed by atoms with van der Waals surface area (Å²) in [6, 6.07) is 0. The van der Waals surface area contributed by atoms with Gasteiger partial charge < -0.3 is 0 Å². The third-order valence-electron chi connectivity index (χ3n) is 1.66. The molecule has 10 heavy (non-hydrogen) atoms. The van der Waals surface area contributed by atoms with Gasteiger partial charge in [0.15, 0.2) is 0 Å². The second kappa shape index (κ2) is 4.93. The van der Waals surface area contributed by atoms with E-state index in [9.17, 15) is 0 Å². The van der Waals surface area contributed by atoms with Crippen molar-refractivity contribution in [3.05, 3.63) is 24.3 Å². The molecule has 0 fully saturated rings. The van der Waals surface area contributed by atoms with E-state index in [-0.39, 0.29) is 0 Å². The molecule has 0 bridgehead atoms. The van der Waals surface area contributed by atoms with Crippen molar-refractivity contribution < 1.29 is 19.2 Å². The molecule has 0 saturated heterocycles. The van der Waals surface area contributed by atoms with Gasteiger partial charge in [-0.15, -0.1) is 0 Å². The van der Waals surface area contributed by atoms with Gasteiger partial charge in [-0.2, -0.15) is 0 Å². The van der Waals surface area contributed by atoms with Crippen LogP contribution >= 0.6 is 0 Å². The molecule has 0 aliphatic heterocycles. The van der Waals surface area contributed by atoms with Gasteiger partial charge in [-0.1, -0.05) is 0 Å². The van der Waals surface area contributed by atoms with Crippen LogP contribution in [-0.2, 0) is 19.2 Å². The quantitative estimate of drug-likeness (QED) is 0.449. The molecule has 0 atom stereocenters. The van der Waals surface area contributed by atoms with E-state index in [0.717, 1.165) is 4.22 Å². The molecule has 0 spiro atoms. The summed E-state index contributed by atoms with van der Waals surface area (Å²) in [5.41, 5.74) is 0. The molecule has 0 amide bonds. The third-order valence-corrected chi connectivity index (χ3v) is 4.00.